The number of hydrogen-bond acceptors (Lipinski definition) is 5. The fraction of sp³-hybridized carbons (Fsp3) is 0.278. The number of carboxylic acid groups (broad SMARTS) is 1. The first-order chi connectivity index (χ1) is 12.8. The highest BCUT2D eigenvalue weighted by atomic mass is 32.2. The topological polar surface area (TPSA) is 102 Å². The maximum Gasteiger partial charge on any atom is 0.327 e. The van der Waals surface area contributed by atoms with Crippen LogP contribution in [0.25, 0.3) is 0 Å². The first-order valence-corrected chi connectivity index (χ1v) is 9.68. The Balaban J connectivity index is 1.76. The number of halogens is 1. The summed E-state index contributed by atoms with van der Waals surface area (Å²) in [7, 11) is -4.07. The maximum absolute atomic E-state index is 12.9. The summed E-state index contributed by atoms with van der Waals surface area (Å²) >= 11 is 0. The van der Waals surface area contributed by atoms with E-state index < -0.39 is 27.3 Å². The summed E-state index contributed by atoms with van der Waals surface area (Å²) in [5.41, 5.74) is -1.68. The summed E-state index contributed by atoms with van der Waals surface area (Å²) in [6.45, 7) is 0.166. The molecular weight excluding hydrogens is 377 g/mol. The fourth-order valence-electron chi connectivity index (χ4n) is 2.73. The van der Waals surface area contributed by atoms with Crippen LogP contribution in [0.2, 0.25) is 0 Å². The van der Waals surface area contributed by atoms with Crippen LogP contribution in [0.4, 0.5) is 4.39 Å². The van der Waals surface area contributed by atoms with Gasteiger partial charge in [0.15, 0.2) is 5.54 Å². The third-order valence-corrected chi connectivity index (χ3v) is 5.72. The second kappa shape index (κ2) is 7.63. The van der Waals surface area contributed by atoms with Crippen LogP contribution >= 0.6 is 0 Å². The number of rotatable bonds is 6. The highest BCUT2D eigenvalue weighted by Crippen LogP contribution is 2.26. The van der Waals surface area contributed by atoms with Crippen molar-refractivity contribution in [1.82, 2.24) is 4.72 Å². The summed E-state index contributed by atoms with van der Waals surface area (Å²) < 4.78 is 51.1. The van der Waals surface area contributed by atoms with Crippen molar-refractivity contribution in [3.05, 3.63) is 54.3 Å². The number of sulfonamides is 1. The molecule has 0 spiro atoms. The smallest absolute Gasteiger partial charge is 0.327 e. The van der Waals surface area contributed by atoms with Crippen LogP contribution < -0.4 is 9.46 Å². The Morgan fingerprint density at radius 2 is 1.70 bits per heavy atom. The minimum atomic E-state index is -4.07. The monoisotopic (exact) mass is 395 g/mol. The zero-order valence-electron chi connectivity index (χ0n) is 14.2. The molecule has 27 heavy (non-hydrogen) atoms. The summed E-state index contributed by atoms with van der Waals surface area (Å²) in [6, 6.07) is 10.9. The van der Waals surface area contributed by atoms with E-state index in [9.17, 15) is 22.7 Å². The van der Waals surface area contributed by atoms with E-state index in [2.05, 4.69) is 4.72 Å². The molecule has 0 amide bonds. The number of benzene rings is 2. The van der Waals surface area contributed by atoms with E-state index in [4.69, 9.17) is 9.47 Å². The van der Waals surface area contributed by atoms with E-state index in [1.807, 2.05) is 0 Å². The number of carbonyl (C=O) groups is 1. The predicted molar refractivity (Wildman–Crippen MR) is 93.7 cm³/mol. The number of ether oxygens (including phenoxy) is 2. The van der Waals surface area contributed by atoms with Gasteiger partial charge >= 0.3 is 5.97 Å². The average Bonchev–Trinajstić information content (AvgIpc) is 2.64. The number of aliphatic carboxylic acids is 1. The van der Waals surface area contributed by atoms with Crippen molar-refractivity contribution in [2.24, 2.45) is 0 Å². The van der Waals surface area contributed by atoms with Crippen molar-refractivity contribution in [2.45, 2.75) is 23.3 Å². The lowest BCUT2D eigenvalue weighted by atomic mass is 9.94. The van der Waals surface area contributed by atoms with Crippen molar-refractivity contribution in [3.8, 4) is 11.5 Å². The van der Waals surface area contributed by atoms with Gasteiger partial charge in [0.05, 0.1) is 11.5 Å². The molecule has 9 heteroatoms. The summed E-state index contributed by atoms with van der Waals surface area (Å²) in [5.74, 6) is -0.917. The van der Waals surface area contributed by atoms with Crippen molar-refractivity contribution < 1.29 is 32.2 Å². The van der Waals surface area contributed by atoms with Crippen LogP contribution in [0.1, 0.15) is 12.8 Å². The predicted octanol–water partition coefficient (Wildman–Crippen LogP) is 2.53. The van der Waals surface area contributed by atoms with Crippen molar-refractivity contribution in [2.75, 3.05) is 13.2 Å². The van der Waals surface area contributed by atoms with Gasteiger partial charge in [0.1, 0.15) is 17.3 Å². The molecule has 0 aliphatic carbocycles. The number of hydrogen-bond donors (Lipinski definition) is 2. The molecule has 2 aromatic rings. The molecule has 2 N–H and O–H groups in total. The molecule has 1 aliphatic heterocycles. The van der Waals surface area contributed by atoms with Crippen LogP contribution in [-0.2, 0) is 19.6 Å². The molecule has 1 aliphatic rings. The molecule has 1 atom stereocenters. The van der Waals surface area contributed by atoms with Gasteiger partial charge in [0.25, 0.3) is 0 Å². The lowest BCUT2D eigenvalue weighted by Crippen LogP contribution is -2.59. The Morgan fingerprint density at radius 3 is 2.22 bits per heavy atom. The molecule has 1 heterocycles. The maximum atomic E-state index is 12.9. The summed E-state index contributed by atoms with van der Waals surface area (Å²) in [4.78, 5) is 11.5. The van der Waals surface area contributed by atoms with Gasteiger partial charge in [-0.1, -0.05) is 0 Å². The second-order valence-corrected chi connectivity index (χ2v) is 7.86. The van der Waals surface area contributed by atoms with Crippen LogP contribution in [0, 0.1) is 5.82 Å². The standard InChI is InChI=1S/C18H18FNO6S/c19-13-2-4-14(5-3-13)26-15-6-8-16(9-7-15)27(23,24)20-18(17(21)22)10-1-11-25-12-18/h2-9,20H,1,10-12H2,(H,21,22). The molecule has 3 rings (SSSR count). The molecule has 0 aromatic heterocycles. The largest absolute Gasteiger partial charge is 0.480 e. The van der Waals surface area contributed by atoms with Crippen LogP contribution in [-0.4, -0.2) is 38.2 Å². The molecule has 0 radical (unpaired) electrons. The Kier molecular flexibility index (Phi) is 5.45. The van der Waals surface area contributed by atoms with E-state index in [0.717, 1.165) is 0 Å². The van der Waals surface area contributed by atoms with E-state index >= 15 is 0 Å². The Bertz CT molecular complexity index is 906. The van der Waals surface area contributed by atoms with Crippen LogP contribution in [0.3, 0.4) is 0 Å². The van der Waals surface area contributed by atoms with Gasteiger partial charge < -0.3 is 14.6 Å². The van der Waals surface area contributed by atoms with Crippen LogP contribution in [0.15, 0.2) is 53.4 Å². The van der Waals surface area contributed by atoms with Gasteiger partial charge in [-0.15, -0.1) is 0 Å². The fourth-order valence-corrected chi connectivity index (χ4v) is 4.10. The second-order valence-electron chi connectivity index (χ2n) is 6.18. The number of carboxylic acids is 1. The van der Waals surface area contributed by atoms with Crippen LogP contribution in [0.5, 0.6) is 11.5 Å². The lowest BCUT2D eigenvalue weighted by molar-refractivity contribution is -0.149. The van der Waals surface area contributed by atoms with Gasteiger partial charge in [0, 0.05) is 6.61 Å². The number of nitrogens with one attached hydrogen (secondary N) is 1. The Hall–Kier alpha value is -2.49. The van der Waals surface area contributed by atoms with Gasteiger partial charge in [0.2, 0.25) is 10.0 Å². The minimum Gasteiger partial charge on any atom is -0.480 e. The zero-order chi connectivity index (χ0) is 19.5. The van der Waals surface area contributed by atoms with Gasteiger partial charge in [-0.2, -0.15) is 4.72 Å². The van der Waals surface area contributed by atoms with E-state index in [0.29, 0.717) is 24.5 Å². The molecule has 144 valence electrons. The Labute approximate surface area is 155 Å². The zero-order valence-corrected chi connectivity index (χ0v) is 15.0. The lowest BCUT2D eigenvalue weighted by Gasteiger charge is -2.33. The highest BCUT2D eigenvalue weighted by molar-refractivity contribution is 7.89. The summed E-state index contributed by atoms with van der Waals surface area (Å²) in [5, 5.41) is 9.47. The molecular formula is C18H18FNO6S. The normalized spacial score (nSPS) is 20.2. The third kappa shape index (κ3) is 4.44. The molecule has 0 saturated carbocycles. The Morgan fingerprint density at radius 1 is 1.11 bits per heavy atom. The van der Waals surface area contributed by atoms with Crippen molar-refractivity contribution >= 4 is 16.0 Å². The quantitative estimate of drug-likeness (QED) is 0.779. The third-order valence-electron chi connectivity index (χ3n) is 4.16. The van der Waals surface area contributed by atoms with E-state index in [1.165, 1.54) is 48.5 Å². The molecule has 1 unspecified atom stereocenters. The van der Waals surface area contributed by atoms with E-state index in [-0.39, 0.29) is 17.9 Å². The van der Waals surface area contributed by atoms with Gasteiger partial charge in [-0.25, -0.2) is 12.8 Å². The first-order valence-electron chi connectivity index (χ1n) is 8.19. The minimum absolute atomic E-state index is 0.0971. The first kappa shape index (κ1) is 19.3. The van der Waals surface area contributed by atoms with Crippen molar-refractivity contribution in [1.29, 1.82) is 0 Å². The molecule has 7 nitrogen and oxygen atoms in total. The van der Waals surface area contributed by atoms with Gasteiger partial charge in [-0.05, 0) is 61.4 Å². The molecule has 1 saturated heterocycles. The summed E-state index contributed by atoms with van der Waals surface area (Å²) in [6.07, 6.45) is 0.590. The SMILES string of the molecule is O=C(O)C1(NS(=O)(=O)c2ccc(Oc3ccc(F)cc3)cc2)CCCOC1. The van der Waals surface area contributed by atoms with Crippen molar-refractivity contribution in [3.63, 3.8) is 0 Å². The molecule has 0 bridgehead atoms. The average molecular weight is 395 g/mol. The van der Waals surface area contributed by atoms with E-state index in [1.54, 1.807) is 0 Å². The molecule has 1 fully saturated rings. The van der Waals surface area contributed by atoms with Gasteiger partial charge in [-0.3, -0.25) is 4.79 Å². The molecule has 2 aromatic carbocycles. The highest BCUT2D eigenvalue weighted by Gasteiger charge is 2.44.